The van der Waals surface area contributed by atoms with Crippen LogP contribution in [0.25, 0.3) is 10.8 Å². The molecule has 0 saturated heterocycles. The smallest absolute Gasteiger partial charge is 0.319 e. The lowest BCUT2D eigenvalue weighted by molar-refractivity contribution is -0.141. The topological polar surface area (TPSA) is 66.9 Å². The second-order valence-corrected chi connectivity index (χ2v) is 7.40. The van der Waals surface area contributed by atoms with Gasteiger partial charge in [-0.05, 0) is 23.1 Å². The van der Waals surface area contributed by atoms with Crippen LogP contribution >= 0.6 is 0 Å². The average molecular weight is 443 g/mol. The minimum atomic E-state index is -0.781. The van der Waals surface area contributed by atoms with Crippen LogP contribution < -0.4 is 9.47 Å². The van der Waals surface area contributed by atoms with Gasteiger partial charge in [0.25, 0.3) is 0 Å². The summed E-state index contributed by atoms with van der Waals surface area (Å²) in [4.78, 5) is 17.6. The zero-order chi connectivity index (χ0) is 23.0. The summed E-state index contributed by atoms with van der Waals surface area (Å²) in [7, 11) is 2.91. The highest BCUT2D eigenvalue weighted by Crippen LogP contribution is 2.37. The molecule has 0 aliphatic heterocycles. The van der Waals surface area contributed by atoms with Gasteiger partial charge in [-0.1, -0.05) is 60.7 Å². The number of fused-ring (bicyclic) bond motifs is 1. The lowest BCUT2D eigenvalue weighted by Crippen LogP contribution is -2.19. The number of benzene rings is 3. The summed E-state index contributed by atoms with van der Waals surface area (Å²) >= 11 is 0. The second-order valence-electron chi connectivity index (χ2n) is 7.40. The Morgan fingerprint density at radius 1 is 0.909 bits per heavy atom. The van der Waals surface area contributed by atoms with Crippen molar-refractivity contribution in [3.63, 3.8) is 0 Å². The van der Waals surface area contributed by atoms with E-state index >= 15 is 0 Å². The zero-order valence-electron chi connectivity index (χ0n) is 18.6. The molecule has 1 unspecified atom stereocenters. The fourth-order valence-corrected chi connectivity index (χ4v) is 3.71. The van der Waals surface area contributed by atoms with Crippen molar-refractivity contribution >= 4 is 16.7 Å². The average Bonchev–Trinajstić information content (AvgIpc) is 2.87. The monoisotopic (exact) mass is 443 g/mol. The first kappa shape index (κ1) is 22.3. The molecule has 0 fully saturated rings. The van der Waals surface area contributed by atoms with Crippen LogP contribution in [0, 0.1) is 0 Å². The number of esters is 1. The lowest BCUT2D eigenvalue weighted by atomic mass is 9.91. The van der Waals surface area contributed by atoms with Gasteiger partial charge in [0, 0.05) is 30.3 Å². The third kappa shape index (κ3) is 5.13. The maximum absolute atomic E-state index is 13.0. The summed E-state index contributed by atoms with van der Waals surface area (Å²) in [5, 5.41) is 1.86. The van der Waals surface area contributed by atoms with Crippen molar-refractivity contribution in [2.24, 2.45) is 0 Å². The maximum atomic E-state index is 13.0. The van der Waals surface area contributed by atoms with Gasteiger partial charge in [0.05, 0.1) is 12.8 Å². The molecule has 4 aromatic rings. The van der Waals surface area contributed by atoms with Crippen LogP contribution in [0.5, 0.6) is 11.5 Å². The van der Waals surface area contributed by atoms with Gasteiger partial charge >= 0.3 is 5.97 Å². The standard InChI is InChI=1S/C27H25NO5/c1-30-18-33-24-16-21(32-17-19-8-4-3-5-9-19)12-13-23(24)25(27(29)31-2)26-22-11-7-6-10-20(22)14-15-28-26/h3-16,25H,17-18H2,1-2H3. The predicted molar refractivity (Wildman–Crippen MR) is 125 cm³/mol. The SMILES string of the molecule is COCOc1cc(OCc2ccccc2)ccc1C(C(=O)OC)c1nccc2ccccc12. The molecule has 0 aliphatic carbocycles. The number of aromatic nitrogens is 1. The molecule has 168 valence electrons. The fraction of sp³-hybridized carbons (Fsp3) is 0.185. The van der Waals surface area contributed by atoms with Gasteiger partial charge in [-0.15, -0.1) is 0 Å². The van der Waals surface area contributed by atoms with E-state index in [0.717, 1.165) is 16.3 Å². The molecule has 0 radical (unpaired) electrons. The Hall–Kier alpha value is -3.90. The molecule has 0 saturated carbocycles. The van der Waals surface area contributed by atoms with Gasteiger partial charge in [-0.25, -0.2) is 0 Å². The van der Waals surface area contributed by atoms with E-state index in [4.69, 9.17) is 18.9 Å². The van der Waals surface area contributed by atoms with E-state index in [1.165, 1.54) is 7.11 Å². The minimum absolute atomic E-state index is 0.0198. The van der Waals surface area contributed by atoms with Crippen molar-refractivity contribution in [2.45, 2.75) is 12.5 Å². The van der Waals surface area contributed by atoms with E-state index in [1.807, 2.05) is 72.8 Å². The number of methoxy groups -OCH3 is 2. The van der Waals surface area contributed by atoms with E-state index in [-0.39, 0.29) is 6.79 Å². The summed E-state index contributed by atoms with van der Waals surface area (Å²) in [5.41, 5.74) is 2.27. The van der Waals surface area contributed by atoms with Crippen LogP contribution in [0.1, 0.15) is 22.7 Å². The molecule has 0 amide bonds. The summed E-state index contributed by atoms with van der Waals surface area (Å²) in [6, 6.07) is 25.0. The Bertz CT molecular complexity index is 1220. The molecule has 3 aromatic carbocycles. The molecular weight excluding hydrogens is 418 g/mol. The first-order valence-corrected chi connectivity index (χ1v) is 10.5. The molecular formula is C27H25NO5. The van der Waals surface area contributed by atoms with Crippen LogP contribution in [-0.4, -0.2) is 32.0 Å². The number of rotatable bonds is 9. The number of carbonyl (C=O) groups excluding carboxylic acids is 1. The summed E-state index contributed by atoms with van der Waals surface area (Å²) in [5.74, 6) is -0.133. The Labute approximate surface area is 192 Å². The number of ether oxygens (including phenoxy) is 4. The lowest BCUT2D eigenvalue weighted by Gasteiger charge is -2.20. The van der Waals surface area contributed by atoms with Gasteiger partial charge in [0.2, 0.25) is 0 Å². The number of carbonyl (C=O) groups is 1. The second kappa shape index (κ2) is 10.6. The Kier molecular flexibility index (Phi) is 7.17. The van der Waals surface area contributed by atoms with Crippen LogP contribution in [0.4, 0.5) is 0 Å². The number of hydrogen-bond acceptors (Lipinski definition) is 6. The zero-order valence-corrected chi connectivity index (χ0v) is 18.6. The first-order chi connectivity index (χ1) is 16.2. The van der Waals surface area contributed by atoms with Crippen molar-refractivity contribution in [3.8, 4) is 11.5 Å². The third-order valence-corrected chi connectivity index (χ3v) is 5.29. The molecule has 0 aliphatic rings. The van der Waals surface area contributed by atoms with Gasteiger partial charge in [0.1, 0.15) is 24.0 Å². The number of pyridine rings is 1. The molecule has 1 atom stereocenters. The van der Waals surface area contributed by atoms with E-state index in [9.17, 15) is 4.79 Å². The van der Waals surface area contributed by atoms with Crippen molar-refractivity contribution in [3.05, 3.63) is 102 Å². The van der Waals surface area contributed by atoms with Gasteiger partial charge in [0.15, 0.2) is 6.79 Å². The van der Waals surface area contributed by atoms with Crippen molar-refractivity contribution < 1.29 is 23.7 Å². The van der Waals surface area contributed by atoms with Crippen LogP contribution in [0.3, 0.4) is 0 Å². The molecule has 0 N–H and O–H groups in total. The Morgan fingerprint density at radius 3 is 2.48 bits per heavy atom. The van der Waals surface area contributed by atoms with E-state index in [1.54, 1.807) is 19.4 Å². The van der Waals surface area contributed by atoms with Gasteiger partial charge in [-0.3, -0.25) is 9.78 Å². The predicted octanol–water partition coefficient (Wildman–Crippen LogP) is 5.10. The van der Waals surface area contributed by atoms with Crippen LogP contribution in [0.15, 0.2) is 85.1 Å². The molecule has 33 heavy (non-hydrogen) atoms. The first-order valence-electron chi connectivity index (χ1n) is 10.5. The van der Waals surface area contributed by atoms with Crippen molar-refractivity contribution in [1.82, 2.24) is 4.98 Å². The molecule has 1 heterocycles. The molecule has 1 aromatic heterocycles. The summed E-state index contributed by atoms with van der Waals surface area (Å²) in [6.45, 7) is 0.432. The maximum Gasteiger partial charge on any atom is 0.319 e. The fourth-order valence-electron chi connectivity index (χ4n) is 3.71. The van der Waals surface area contributed by atoms with Gasteiger partial charge in [-0.2, -0.15) is 0 Å². The molecule has 4 rings (SSSR count). The number of hydrogen-bond donors (Lipinski definition) is 0. The van der Waals surface area contributed by atoms with Crippen LogP contribution in [0.2, 0.25) is 0 Å². The van der Waals surface area contributed by atoms with Crippen LogP contribution in [-0.2, 0) is 20.9 Å². The quantitative estimate of drug-likeness (QED) is 0.265. The Balaban J connectivity index is 1.75. The largest absolute Gasteiger partial charge is 0.489 e. The third-order valence-electron chi connectivity index (χ3n) is 5.29. The summed E-state index contributed by atoms with van der Waals surface area (Å²) in [6.07, 6.45) is 1.70. The highest BCUT2D eigenvalue weighted by Gasteiger charge is 2.30. The van der Waals surface area contributed by atoms with E-state index in [0.29, 0.717) is 29.4 Å². The highest BCUT2D eigenvalue weighted by molar-refractivity contribution is 5.92. The van der Waals surface area contributed by atoms with Gasteiger partial charge < -0.3 is 18.9 Å². The normalized spacial score (nSPS) is 11.7. The minimum Gasteiger partial charge on any atom is -0.489 e. The Morgan fingerprint density at radius 2 is 1.70 bits per heavy atom. The number of nitrogens with zero attached hydrogens (tertiary/aromatic N) is 1. The molecule has 6 heteroatoms. The van der Waals surface area contributed by atoms with E-state index in [2.05, 4.69) is 4.98 Å². The molecule has 0 bridgehead atoms. The van der Waals surface area contributed by atoms with E-state index < -0.39 is 11.9 Å². The molecule has 0 spiro atoms. The highest BCUT2D eigenvalue weighted by atomic mass is 16.7. The molecule has 6 nitrogen and oxygen atoms in total. The summed E-state index contributed by atoms with van der Waals surface area (Å²) < 4.78 is 22.1. The van der Waals surface area contributed by atoms with Crippen molar-refractivity contribution in [1.29, 1.82) is 0 Å². The van der Waals surface area contributed by atoms with Crippen molar-refractivity contribution in [2.75, 3.05) is 21.0 Å².